The van der Waals surface area contributed by atoms with Gasteiger partial charge < -0.3 is 29.4 Å². The lowest BCUT2D eigenvalue weighted by molar-refractivity contribution is -0.159. The maximum Gasteiger partial charge on any atom is 0.407 e. The Bertz CT molecular complexity index is 562. The monoisotopic (exact) mass is 399 g/mol. The van der Waals surface area contributed by atoms with Gasteiger partial charge >= 0.3 is 6.09 Å². The van der Waals surface area contributed by atoms with Crippen molar-refractivity contribution >= 4 is 6.09 Å². The first-order valence-corrected chi connectivity index (χ1v) is 10.1. The van der Waals surface area contributed by atoms with Crippen LogP contribution in [0.25, 0.3) is 0 Å². The highest BCUT2D eigenvalue weighted by molar-refractivity contribution is 5.67. The number of hydrogen-bond donors (Lipinski definition) is 2. The molecule has 0 aromatic carbocycles. The zero-order chi connectivity index (χ0) is 21.2. The highest BCUT2D eigenvalue weighted by Gasteiger charge is 2.64. The second kappa shape index (κ2) is 8.59. The normalized spacial score (nSPS) is 30.7. The van der Waals surface area contributed by atoms with E-state index in [0.29, 0.717) is 18.9 Å². The number of carbonyl (C=O) groups is 1. The van der Waals surface area contributed by atoms with Crippen LogP contribution in [0.1, 0.15) is 54.4 Å². The molecule has 1 saturated heterocycles. The predicted molar refractivity (Wildman–Crippen MR) is 106 cm³/mol. The fourth-order valence-corrected chi connectivity index (χ4v) is 3.99. The quantitative estimate of drug-likeness (QED) is 0.482. The first-order chi connectivity index (χ1) is 12.9. The van der Waals surface area contributed by atoms with Crippen LogP contribution in [0.2, 0.25) is 0 Å². The summed E-state index contributed by atoms with van der Waals surface area (Å²) in [7, 11) is 1.63. The van der Waals surface area contributed by atoms with Gasteiger partial charge in [0.25, 0.3) is 0 Å². The van der Waals surface area contributed by atoms with Gasteiger partial charge in [0.2, 0.25) is 0 Å². The fraction of sp³-hybridized carbons (Fsp3) is 0.857. The Morgan fingerprint density at radius 2 is 2.00 bits per heavy atom. The Labute approximate surface area is 168 Å². The summed E-state index contributed by atoms with van der Waals surface area (Å²) in [6.07, 6.45) is 3.86. The van der Waals surface area contributed by atoms with Gasteiger partial charge in [0, 0.05) is 13.7 Å². The Morgan fingerprint density at radius 3 is 2.50 bits per heavy atom. The summed E-state index contributed by atoms with van der Waals surface area (Å²) >= 11 is 0. The van der Waals surface area contributed by atoms with E-state index in [2.05, 4.69) is 19.2 Å². The molecule has 1 aliphatic carbocycles. The number of rotatable bonds is 8. The van der Waals surface area contributed by atoms with Crippen molar-refractivity contribution in [3.8, 4) is 0 Å². The lowest BCUT2D eigenvalue weighted by atomic mass is 9.68. The van der Waals surface area contributed by atoms with Gasteiger partial charge in [0.05, 0.1) is 24.4 Å². The molecular weight excluding hydrogens is 362 g/mol. The molecule has 162 valence electrons. The molecule has 2 aliphatic rings. The van der Waals surface area contributed by atoms with Crippen molar-refractivity contribution in [3.63, 3.8) is 0 Å². The zero-order valence-corrected chi connectivity index (χ0v) is 18.3. The number of amides is 1. The standard InChI is InChI=1S/C21H37NO6/c1-14(2)9-11-26-20(5,6)17-16(25-7)15(8-10-21(17)13-27-21)28-18(23)22-12-19(3,4)24/h9,11,14-17,24H,8,10,12-13H2,1-7H3,(H,22,23)/b11-9+/t15-,16-,17?,21+/m1/s1. The SMILES string of the molecule is CO[C@H]1C(C(C)(C)O/C=C/C(C)C)[C@]2(CC[C@H]1OC(=O)NCC(C)(C)O)CO2. The summed E-state index contributed by atoms with van der Waals surface area (Å²) in [6, 6.07) is 0. The number of aliphatic hydroxyl groups is 1. The largest absolute Gasteiger partial charge is 0.495 e. The average molecular weight is 400 g/mol. The van der Waals surface area contributed by atoms with Gasteiger partial charge in [-0.3, -0.25) is 0 Å². The molecule has 28 heavy (non-hydrogen) atoms. The molecule has 1 spiro atoms. The number of methoxy groups -OCH3 is 1. The van der Waals surface area contributed by atoms with Crippen LogP contribution in [0.5, 0.6) is 0 Å². The van der Waals surface area contributed by atoms with Gasteiger partial charge in [-0.25, -0.2) is 4.79 Å². The Kier molecular flexibility index (Phi) is 7.05. The molecule has 7 nitrogen and oxygen atoms in total. The van der Waals surface area contributed by atoms with Gasteiger partial charge in [-0.15, -0.1) is 0 Å². The number of allylic oxidation sites excluding steroid dienone is 1. The highest BCUT2D eigenvalue weighted by Crippen LogP contribution is 2.52. The molecule has 2 fully saturated rings. The van der Waals surface area contributed by atoms with Crippen LogP contribution in [-0.2, 0) is 18.9 Å². The minimum Gasteiger partial charge on any atom is -0.495 e. The average Bonchev–Trinajstić information content (AvgIpc) is 3.33. The maximum atomic E-state index is 12.2. The van der Waals surface area contributed by atoms with E-state index in [-0.39, 0.29) is 24.2 Å². The summed E-state index contributed by atoms with van der Waals surface area (Å²) in [5, 5.41) is 12.4. The van der Waals surface area contributed by atoms with Crippen LogP contribution in [0, 0.1) is 11.8 Å². The van der Waals surface area contributed by atoms with Crippen LogP contribution in [0.15, 0.2) is 12.3 Å². The molecule has 7 heteroatoms. The molecule has 1 heterocycles. The number of epoxide rings is 1. The first-order valence-electron chi connectivity index (χ1n) is 10.1. The van der Waals surface area contributed by atoms with Crippen molar-refractivity contribution < 1.29 is 28.8 Å². The number of alkyl carbamates (subject to hydrolysis) is 1. The molecule has 0 bridgehead atoms. The van der Waals surface area contributed by atoms with E-state index in [0.717, 1.165) is 6.42 Å². The zero-order valence-electron chi connectivity index (χ0n) is 18.3. The van der Waals surface area contributed by atoms with Crippen LogP contribution < -0.4 is 5.32 Å². The van der Waals surface area contributed by atoms with Crippen molar-refractivity contribution in [2.45, 2.75) is 83.4 Å². The van der Waals surface area contributed by atoms with Crippen molar-refractivity contribution in [2.75, 3.05) is 20.3 Å². The summed E-state index contributed by atoms with van der Waals surface area (Å²) in [4.78, 5) is 12.2. The molecule has 2 rings (SSSR count). The number of hydrogen-bond acceptors (Lipinski definition) is 6. The summed E-state index contributed by atoms with van der Waals surface area (Å²) in [5.74, 6) is 0.296. The molecule has 0 radical (unpaired) electrons. The van der Waals surface area contributed by atoms with Crippen molar-refractivity contribution in [2.24, 2.45) is 11.8 Å². The minimum atomic E-state index is -1.00. The highest BCUT2D eigenvalue weighted by atomic mass is 16.6. The smallest absolute Gasteiger partial charge is 0.407 e. The second-order valence-electron chi connectivity index (χ2n) is 9.47. The Hall–Kier alpha value is -1.31. The van der Waals surface area contributed by atoms with Gasteiger partial charge in [0.15, 0.2) is 0 Å². The van der Waals surface area contributed by atoms with Crippen LogP contribution in [0.4, 0.5) is 4.79 Å². The van der Waals surface area contributed by atoms with Crippen molar-refractivity contribution in [1.29, 1.82) is 0 Å². The van der Waals surface area contributed by atoms with Gasteiger partial charge in [-0.2, -0.15) is 0 Å². The van der Waals surface area contributed by atoms with E-state index in [1.165, 1.54) is 0 Å². The number of ether oxygens (including phenoxy) is 4. The van der Waals surface area contributed by atoms with E-state index in [9.17, 15) is 9.90 Å². The lowest BCUT2D eigenvalue weighted by Crippen LogP contribution is -2.58. The van der Waals surface area contributed by atoms with E-state index >= 15 is 0 Å². The topological polar surface area (TPSA) is 89.6 Å². The molecule has 2 N–H and O–H groups in total. The van der Waals surface area contributed by atoms with Crippen LogP contribution in [-0.4, -0.2) is 60.5 Å². The van der Waals surface area contributed by atoms with E-state index in [1.54, 1.807) is 27.2 Å². The Balaban J connectivity index is 2.11. The Morgan fingerprint density at radius 1 is 1.36 bits per heavy atom. The fourth-order valence-electron chi connectivity index (χ4n) is 3.99. The molecule has 1 amide bonds. The predicted octanol–water partition coefficient (Wildman–Crippen LogP) is 3.01. The number of carbonyl (C=O) groups excluding carboxylic acids is 1. The third kappa shape index (κ3) is 5.84. The molecule has 0 aromatic heterocycles. The second-order valence-corrected chi connectivity index (χ2v) is 9.47. The van der Waals surface area contributed by atoms with E-state index < -0.39 is 23.4 Å². The summed E-state index contributed by atoms with van der Waals surface area (Å²) < 4.78 is 23.4. The number of nitrogens with one attached hydrogen (secondary N) is 1. The van der Waals surface area contributed by atoms with Crippen LogP contribution in [0.3, 0.4) is 0 Å². The summed E-state index contributed by atoms with van der Waals surface area (Å²) in [5.41, 5.74) is -1.85. The molecule has 1 saturated carbocycles. The third-order valence-corrected chi connectivity index (χ3v) is 5.41. The van der Waals surface area contributed by atoms with E-state index in [4.69, 9.17) is 18.9 Å². The molecule has 1 aliphatic heterocycles. The first kappa shape index (κ1) is 23.0. The van der Waals surface area contributed by atoms with Gasteiger partial charge in [-0.05, 0) is 52.5 Å². The van der Waals surface area contributed by atoms with Crippen molar-refractivity contribution in [1.82, 2.24) is 5.32 Å². The van der Waals surface area contributed by atoms with Crippen molar-refractivity contribution in [3.05, 3.63) is 12.3 Å². The molecular formula is C21H37NO6. The molecule has 1 unspecified atom stereocenters. The molecule has 0 aromatic rings. The van der Waals surface area contributed by atoms with Gasteiger partial charge in [-0.1, -0.05) is 13.8 Å². The molecule has 4 atom stereocenters. The van der Waals surface area contributed by atoms with E-state index in [1.807, 2.05) is 19.9 Å². The third-order valence-electron chi connectivity index (χ3n) is 5.41. The minimum absolute atomic E-state index is 0.0948. The maximum absolute atomic E-state index is 12.2. The van der Waals surface area contributed by atoms with Gasteiger partial charge in [0.1, 0.15) is 23.4 Å². The van der Waals surface area contributed by atoms with Crippen LogP contribution >= 0.6 is 0 Å². The lowest BCUT2D eigenvalue weighted by Gasteiger charge is -2.47. The summed E-state index contributed by atoms with van der Waals surface area (Å²) in [6.45, 7) is 12.3.